The van der Waals surface area contributed by atoms with Gasteiger partial charge >= 0.3 is 222 Å². The third-order valence-corrected chi connectivity index (χ3v) is 18.1. The van der Waals surface area contributed by atoms with E-state index in [4.69, 9.17) is 9.26 Å². The average molecular weight is 559 g/mol. The molecule has 0 bridgehead atoms. The fourth-order valence-electron chi connectivity index (χ4n) is 5.30. The molecule has 212 valence electrons. The minimum atomic E-state index is -3.57. The Bertz CT molecular complexity index is 1100. The van der Waals surface area contributed by atoms with Crippen molar-refractivity contribution in [2.45, 2.75) is 116 Å². The van der Waals surface area contributed by atoms with E-state index in [9.17, 15) is 24.9 Å². The molecule has 1 saturated heterocycles. The Morgan fingerprint density at radius 2 is 1.89 bits per heavy atom. The Morgan fingerprint density at radius 3 is 2.38 bits per heavy atom. The first-order valence-corrected chi connectivity index (χ1v) is 18.0. The molecule has 10 nitrogen and oxygen atoms in total. The Kier molecular flexibility index (Phi) is 9.80. The van der Waals surface area contributed by atoms with Crippen LogP contribution in [0.2, 0.25) is 18.1 Å². The molecule has 12 heteroatoms. The van der Waals surface area contributed by atoms with Gasteiger partial charge in [0.05, 0.1) is 0 Å². The summed E-state index contributed by atoms with van der Waals surface area (Å²) in [4.78, 5) is 38.7. The number of nitriles is 1. The zero-order chi connectivity index (χ0) is 28.6. The third kappa shape index (κ3) is 6.27. The second-order valence-corrected chi connectivity index (χ2v) is 20.8. The molecule has 1 aromatic rings. The first kappa shape index (κ1) is 31.8. The molecule has 0 aliphatic carbocycles. The van der Waals surface area contributed by atoms with Crippen molar-refractivity contribution in [1.82, 2.24) is 14.2 Å². The number of rotatable bonds is 10. The van der Waals surface area contributed by atoms with Crippen LogP contribution >= 0.6 is 7.87 Å². The predicted molar refractivity (Wildman–Crippen MR) is 150 cm³/mol. The topological polar surface area (TPSA) is 141 Å². The molecule has 2 rings (SSSR count). The number of aliphatic hydroxyl groups is 1. The van der Waals surface area contributed by atoms with Crippen LogP contribution in [0.5, 0.6) is 0 Å². The van der Waals surface area contributed by atoms with Crippen LogP contribution in [-0.4, -0.2) is 68.5 Å². The first-order chi connectivity index (χ1) is 16.8. The Labute approximate surface area is 222 Å². The van der Waals surface area contributed by atoms with Gasteiger partial charge in [-0.1, -0.05) is 0 Å². The van der Waals surface area contributed by atoms with E-state index in [1.807, 2.05) is 32.4 Å². The summed E-state index contributed by atoms with van der Waals surface area (Å²) in [5.41, 5.74) is -0.707. The summed E-state index contributed by atoms with van der Waals surface area (Å²) >= 11 is 0. The molecule has 0 radical (unpaired) electrons. The van der Waals surface area contributed by atoms with Crippen LogP contribution < -0.4 is 11.2 Å². The van der Waals surface area contributed by atoms with E-state index in [1.54, 1.807) is 6.92 Å². The van der Waals surface area contributed by atoms with Gasteiger partial charge in [-0.3, -0.25) is 0 Å². The van der Waals surface area contributed by atoms with E-state index in [1.165, 1.54) is 10.8 Å². The van der Waals surface area contributed by atoms with Gasteiger partial charge in [0.25, 0.3) is 0 Å². The Morgan fingerprint density at radius 1 is 1.32 bits per heavy atom. The molecule has 0 amide bonds. The van der Waals surface area contributed by atoms with Gasteiger partial charge in [0, 0.05) is 0 Å². The minimum absolute atomic E-state index is 0.0189. The van der Waals surface area contributed by atoms with Crippen molar-refractivity contribution in [1.29, 1.82) is 5.26 Å². The van der Waals surface area contributed by atoms with E-state index in [-0.39, 0.29) is 42.7 Å². The number of hydrogen-bond donors (Lipinski definition) is 3. The standard InChI is InChI=1S/C25H47N4O6PSi/c1-17(2)29(18(3)4)36(33,13-11-12-26)34-16-20-25(32,37(9,10)24(6,7)8)14-21(35-20)28-15-19(5)22(30)27-23(28)31/h15,17-18,20-21,32-33,36H,11,13-14,16H2,1-10H3,(H,27,30,31)/t20-,21-,25-/m1/s1. The van der Waals surface area contributed by atoms with E-state index in [0.29, 0.717) is 5.56 Å². The molecule has 1 aliphatic heterocycles. The molecule has 3 N–H and O–H groups in total. The van der Waals surface area contributed by atoms with E-state index in [2.05, 4.69) is 44.9 Å². The van der Waals surface area contributed by atoms with Crippen molar-refractivity contribution in [3.05, 3.63) is 32.6 Å². The number of nitrogens with one attached hydrogen (secondary N) is 1. The Hall–Kier alpha value is -1.38. The summed E-state index contributed by atoms with van der Waals surface area (Å²) < 4.78 is 15.9. The molecule has 0 saturated carbocycles. The molecule has 1 aliphatic rings. The third-order valence-electron chi connectivity index (χ3n) is 8.30. The van der Waals surface area contributed by atoms with E-state index >= 15 is 0 Å². The number of H-pyrrole nitrogens is 1. The van der Waals surface area contributed by atoms with E-state index < -0.39 is 44.7 Å². The number of hydrogen-bond acceptors (Lipinski definition) is 8. The second kappa shape index (κ2) is 11.4. The maximum absolute atomic E-state index is 12.7. The van der Waals surface area contributed by atoms with Crippen molar-refractivity contribution >= 4 is 15.9 Å². The first-order valence-electron chi connectivity index (χ1n) is 13.0. The summed E-state index contributed by atoms with van der Waals surface area (Å²) in [5.74, 6) is 0. The van der Waals surface area contributed by atoms with Crippen molar-refractivity contribution < 1.29 is 19.3 Å². The molecule has 3 atom stereocenters. The van der Waals surface area contributed by atoms with Gasteiger partial charge in [-0.05, 0) is 0 Å². The maximum atomic E-state index is 12.7. The van der Waals surface area contributed by atoms with Crippen molar-refractivity contribution in [3.8, 4) is 6.07 Å². The van der Waals surface area contributed by atoms with Crippen LogP contribution in [0.25, 0.3) is 0 Å². The van der Waals surface area contributed by atoms with Gasteiger partial charge in [0.1, 0.15) is 0 Å². The SMILES string of the molecule is Cc1cn([C@H]2C[C@@](O)([Si](C)(C)C(C)(C)C)[C@@H](CO[PH](O)(CCC#N)N(C(C)C)C(C)C)O2)c(=O)[nH]c1=O. The normalized spacial score (nSPS) is 23.7. The predicted octanol–water partition coefficient (Wildman–Crippen LogP) is 3.45. The van der Waals surface area contributed by atoms with Crippen molar-refractivity contribution in [2.75, 3.05) is 12.8 Å². The number of aryl methyl sites for hydroxylation is 1. The van der Waals surface area contributed by atoms with Gasteiger partial charge in [-0.15, -0.1) is 0 Å². The summed E-state index contributed by atoms with van der Waals surface area (Å²) in [6, 6.07) is 2.08. The summed E-state index contributed by atoms with van der Waals surface area (Å²) in [6.45, 7) is 19.9. The molecule has 37 heavy (non-hydrogen) atoms. The van der Waals surface area contributed by atoms with Crippen LogP contribution in [-0.2, 0) is 9.26 Å². The zero-order valence-electron chi connectivity index (χ0n) is 24.1. The number of aromatic amines is 1. The van der Waals surface area contributed by atoms with Crippen LogP contribution in [0.15, 0.2) is 15.8 Å². The van der Waals surface area contributed by atoms with Gasteiger partial charge in [-0.25, -0.2) is 0 Å². The fraction of sp³-hybridized carbons (Fsp3) is 0.800. The number of aromatic nitrogens is 2. The van der Waals surface area contributed by atoms with Crippen molar-refractivity contribution in [3.63, 3.8) is 0 Å². The van der Waals surface area contributed by atoms with Gasteiger partial charge in [0.15, 0.2) is 0 Å². The molecular weight excluding hydrogens is 511 g/mol. The Balaban J connectivity index is 2.54. The molecule has 0 spiro atoms. The molecule has 0 unspecified atom stereocenters. The monoisotopic (exact) mass is 558 g/mol. The zero-order valence-corrected chi connectivity index (χ0v) is 26.1. The second-order valence-electron chi connectivity index (χ2n) is 12.4. The van der Waals surface area contributed by atoms with Gasteiger partial charge < -0.3 is 0 Å². The fourth-order valence-corrected chi connectivity index (χ4v) is 11.3. The van der Waals surface area contributed by atoms with Gasteiger partial charge in [0.2, 0.25) is 0 Å². The summed E-state index contributed by atoms with van der Waals surface area (Å²) in [5, 5.41) is 20.1. The molecule has 1 aromatic heterocycles. The van der Waals surface area contributed by atoms with Crippen LogP contribution in [0, 0.1) is 18.3 Å². The van der Waals surface area contributed by atoms with E-state index in [0.717, 1.165) is 0 Å². The molecule has 1 fully saturated rings. The van der Waals surface area contributed by atoms with Crippen LogP contribution in [0.3, 0.4) is 0 Å². The quantitative estimate of drug-likeness (QED) is 0.293. The summed E-state index contributed by atoms with van der Waals surface area (Å²) in [6.07, 6.45) is 0.325. The molecular formula is C25H47N4O6PSi. The number of nitrogens with zero attached hydrogens (tertiary/aromatic N) is 3. The molecule has 2 heterocycles. The van der Waals surface area contributed by atoms with Gasteiger partial charge in [-0.2, -0.15) is 0 Å². The van der Waals surface area contributed by atoms with Crippen LogP contribution in [0.4, 0.5) is 0 Å². The number of ether oxygens (including phenoxy) is 1. The van der Waals surface area contributed by atoms with Crippen LogP contribution in [0.1, 0.15) is 73.1 Å². The average Bonchev–Trinajstić information content (AvgIpc) is 3.10. The summed E-state index contributed by atoms with van der Waals surface area (Å²) in [7, 11) is -6.11. The van der Waals surface area contributed by atoms with Crippen molar-refractivity contribution in [2.24, 2.45) is 0 Å². The molecule has 0 aromatic carbocycles.